The first-order chi connectivity index (χ1) is 14.5. The molecule has 0 bridgehead atoms. The van der Waals surface area contributed by atoms with E-state index in [-0.39, 0.29) is 10.8 Å². The van der Waals surface area contributed by atoms with Gasteiger partial charge in [-0.25, -0.2) is 8.42 Å². The maximum atomic E-state index is 13.0. The zero-order valence-corrected chi connectivity index (χ0v) is 18.8. The van der Waals surface area contributed by atoms with Crippen LogP contribution in [0.2, 0.25) is 0 Å². The van der Waals surface area contributed by atoms with Crippen LogP contribution in [0, 0.1) is 0 Å². The van der Waals surface area contributed by atoms with Gasteiger partial charge in [-0.15, -0.1) is 11.3 Å². The minimum Gasteiger partial charge on any atom is -0.378 e. The Morgan fingerprint density at radius 1 is 1.23 bits per heavy atom. The van der Waals surface area contributed by atoms with E-state index in [9.17, 15) is 13.2 Å². The maximum absolute atomic E-state index is 13.0. The van der Waals surface area contributed by atoms with Crippen molar-refractivity contribution in [1.82, 2.24) is 4.31 Å². The Bertz CT molecular complexity index is 978. The Balaban J connectivity index is 1.92. The fourth-order valence-electron chi connectivity index (χ4n) is 3.29. The Morgan fingerprint density at radius 2 is 1.97 bits per heavy atom. The molecule has 2 aromatic rings. The van der Waals surface area contributed by atoms with Gasteiger partial charge >= 0.3 is 0 Å². The summed E-state index contributed by atoms with van der Waals surface area (Å²) in [5.41, 5.74) is 1.26. The number of rotatable bonds is 8. The molecule has 1 aliphatic heterocycles. The molecule has 1 aromatic carbocycles. The number of anilines is 2. The van der Waals surface area contributed by atoms with Crippen LogP contribution in [0.3, 0.4) is 0 Å². The minimum atomic E-state index is -3.63. The van der Waals surface area contributed by atoms with Crippen LogP contribution < -0.4 is 10.2 Å². The first kappa shape index (κ1) is 22.5. The summed E-state index contributed by atoms with van der Waals surface area (Å²) < 4.78 is 32.8. The van der Waals surface area contributed by atoms with E-state index in [1.54, 1.807) is 38.1 Å². The van der Waals surface area contributed by atoms with Gasteiger partial charge in [0.1, 0.15) is 0 Å². The molecule has 0 atom stereocenters. The molecule has 0 spiro atoms. The van der Waals surface area contributed by atoms with Gasteiger partial charge < -0.3 is 15.0 Å². The molecule has 1 saturated heterocycles. The molecule has 0 saturated carbocycles. The summed E-state index contributed by atoms with van der Waals surface area (Å²) in [6.45, 7) is 6.91. The van der Waals surface area contributed by atoms with Crippen molar-refractivity contribution >= 4 is 44.7 Å². The van der Waals surface area contributed by atoms with Gasteiger partial charge in [-0.1, -0.05) is 19.9 Å². The van der Waals surface area contributed by atoms with Crippen molar-refractivity contribution in [3.8, 4) is 0 Å². The van der Waals surface area contributed by atoms with Crippen LogP contribution in [0.1, 0.15) is 18.7 Å². The summed E-state index contributed by atoms with van der Waals surface area (Å²) in [5, 5.41) is 4.81. The lowest BCUT2D eigenvalue weighted by Crippen LogP contribution is -2.37. The standard InChI is InChI=1S/C21H27N3O4S2/c1-3-24(4-2)30(26,27)18-8-9-20(23-11-13-28-14-12-23)19(16-18)22-21(25)10-7-17-6-5-15-29-17/h5-10,15-16H,3-4,11-14H2,1-2H3,(H,22,25). The summed E-state index contributed by atoms with van der Waals surface area (Å²) in [6.07, 6.45) is 3.20. The average Bonchev–Trinajstić information content (AvgIpc) is 3.27. The molecule has 7 nitrogen and oxygen atoms in total. The van der Waals surface area contributed by atoms with E-state index in [0.717, 1.165) is 10.6 Å². The van der Waals surface area contributed by atoms with Gasteiger partial charge in [0.05, 0.1) is 29.5 Å². The van der Waals surface area contributed by atoms with Gasteiger partial charge in [-0.3, -0.25) is 4.79 Å². The van der Waals surface area contributed by atoms with Crippen molar-refractivity contribution in [2.45, 2.75) is 18.7 Å². The van der Waals surface area contributed by atoms with Gasteiger partial charge in [0.15, 0.2) is 0 Å². The lowest BCUT2D eigenvalue weighted by atomic mass is 10.2. The number of thiophene rings is 1. The molecule has 1 fully saturated rings. The number of morpholine rings is 1. The molecular formula is C21H27N3O4S2. The van der Waals surface area contributed by atoms with Crippen LogP contribution in [0.5, 0.6) is 0 Å². The molecule has 0 radical (unpaired) electrons. The minimum absolute atomic E-state index is 0.167. The summed E-state index contributed by atoms with van der Waals surface area (Å²) in [5.74, 6) is -0.310. The third kappa shape index (κ3) is 5.28. The summed E-state index contributed by atoms with van der Waals surface area (Å²) >= 11 is 1.54. The molecule has 30 heavy (non-hydrogen) atoms. The van der Waals surface area contributed by atoms with Gasteiger partial charge in [0.25, 0.3) is 0 Å². The quantitative estimate of drug-likeness (QED) is 0.626. The van der Waals surface area contributed by atoms with E-state index in [0.29, 0.717) is 45.1 Å². The van der Waals surface area contributed by atoms with E-state index >= 15 is 0 Å². The first-order valence-electron chi connectivity index (χ1n) is 9.95. The molecule has 1 N–H and O–H groups in total. The molecule has 1 aliphatic rings. The number of hydrogen-bond donors (Lipinski definition) is 1. The lowest BCUT2D eigenvalue weighted by molar-refractivity contribution is -0.111. The zero-order chi connectivity index (χ0) is 21.6. The Labute approximate surface area is 182 Å². The van der Waals surface area contributed by atoms with Gasteiger partial charge in [-0.05, 0) is 35.7 Å². The molecule has 162 valence electrons. The summed E-state index contributed by atoms with van der Waals surface area (Å²) in [4.78, 5) is 15.8. The lowest BCUT2D eigenvalue weighted by Gasteiger charge is -2.31. The number of sulfonamides is 1. The largest absolute Gasteiger partial charge is 0.378 e. The molecule has 9 heteroatoms. The van der Waals surface area contributed by atoms with Crippen molar-refractivity contribution in [1.29, 1.82) is 0 Å². The number of nitrogens with zero attached hydrogens (tertiary/aromatic N) is 2. The third-order valence-electron chi connectivity index (χ3n) is 4.86. The SMILES string of the molecule is CCN(CC)S(=O)(=O)c1ccc(N2CCOCC2)c(NC(=O)C=Cc2cccs2)c1. The van der Waals surface area contributed by atoms with Crippen molar-refractivity contribution in [2.24, 2.45) is 0 Å². The third-order valence-corrected chi connectivity index (χ3v) is 7.75. The highest BCUT2D eigenvalue weighted by molar-refractivity contribution is 7.89. The normalized spacial score (nSPS) is 15.1. The number of hydrogen-bond acceptors (Lipinski definition) is 6. The van der Waals surface area contributed by atoms with E-state index < -0.39 is 10.0 Å². The maximum Gasteiger partial charge on any atom is 0.248 e. The van der Waals surface area contributed by atoms with Gasteiger partial charge in [-0.2, -0.15) is 4.31 Å². The number of carbonyl (C=O) groups is 1. The number of benzene rings is 1. The van der Waals surface area contributed by atoms with Crippen LogP contribution in [0.25, 0.3) is 6.08 Å². The van der Waals surface area contributed by atoms with Crippen LogP contribution in [-0.2, 0) is 19.6 Å². The smallest absolute Gasteiger partial charge is 0.248 e. The second kappa shape index (κ2) is 10.2. The van der Waals surface area contributed by atoms with Gasteiger partial charge in [0.2, 0.25) is 15.9 Å². The highest BCUT2D eigenvalue weighted by Gasteiger charge is 2.24. The molecule has 0 unspecified atom stereocenters. The number of amides is 1. The summed E-state index contributed by atoms with van der Waals surface area (Å²) in [6, 6.07) is 8.76. The Hall–Kier alpha value is -2.20. The topological polar surface area (TPSA) is 79.0 Å². The van der Waals surface area contributed by atoms with E-state index in [2.05, 4.69) is 10.2 Å². The first-order valence-corrected chi connectivity index (χ1v) is 12.3. The van der Waals surface area contributed by atoms with Crippen molar-refractivity contribution in [3.05, 3.63) is 46.7 Å². The second-order valence-electron chi connectivity index (χ2n) is 6.71. The van der Waals surface area contributed by atoms with Crippen molar-refractivity contribution in [2.75, 3.05) is 49.6 Å². The van der Waals surface area contributed by atoms with Crippen LogP contribution in [0.15, 0.2) is 46.7 Å². The van der Waals surface area contributed by atoms with E-state index in [1.165, 1.54) is 21.7 Å². The monoisotopic (exact) mass is 449 g/mol. The molecule has 1 amide bonds. The van der Waals surface area contributed by atoms with Crippen LogP contribution in [-0.4, -0.2) is 58.0 Å². The predicted octanol–water partition coefficient (Wildman–Crippen LogP) is 3.27. The number of carbonyl (C=O) groups excluding carboxylic acids is 1. The molecule has 0 aliphatic carbocycles. The van der Waals surface area contributed by atoms with Crippen molar-refractivity contribution in [3.63, 3.8) is 0 Å². The molecule has 1 aromatic heterocycles. The van der Waals surface area contributed by atoms with Crippen LogP contribution >= 0.6 is 11.3 Å². The Kier molecular flexibility index (Phi) is 7.65. The van der Waals surface area contributed by atoms with E-state index in [4.69, 9.17) is 4.74 Å². The Morgan fingerprint density at radius 3 is 2.60 bits per heavy atom. The fourth-order valence-corrected chi connectivity index (χ4v) is 5.39. The number of nitrogens with one attached hydrogen (secondary N) is 1. The summed E-state index contributed by atoms with van der Waals surface area (Å²) in [7, 11) is -3.63. The molecular weight excluding hydrogens is 422 g/mol. The van der Waals surface area contributed by atoms with Gasteiger partial charge in [0, 0.05) is 37.1 Å². The fraction of sp³-hybridized carbons (Fsp3) is 0.381. The second-order valence-corrected chi connectivity index (χ2v) is 9.62. The molecule has 3 rings (SSSR count). The highest BCUT2D eigenvalue weighted by atomic mass is 32.2. The zero-order valence-electron chi connectivity index (χ0n) is 17.2. The number of ether oxygens (including phenoxy) is 1. The highest BCUT2D eigenvalue weighted by Crippen LogP contribution is 2.31. The molecule has 2 heterocycles. The van der Waals surface area contributed by atoms with Crippen LogP contribution in [0.4, 0.5) is 11.4 Å². The predicted molar refractivity (Wildman–Crippen MR) is 122 cm³/mol. The average molecular weight is 450 g/mol. The van der Waals surface area contributed by atoms with Crippen molar-refractivity contribution < 1.29 is 17.9 Å². The van der Waals surface area contributed by atoms with E-state index in [1.807, 2.05) is 17.5 Å².